The molecule has 5 heteroatoms. The molecule has 0 amide bonds. The maximum absolute atomic E-state index is 5.68. The Labute approximate surface area is 138 Å². The Kier molecular flexibility index (Phi) is 5.62. The predicted molar refractivity (Wildman–Crippen MR) is 90.5 cm³/mol. The highest BCUT2D eigenvalue weighted by atomic mass is 16.6. The Bertz CT molecular complexity index is 496. The number of ether oxygens (including phenoxy) is 3. The minimum Gasteiger partial charge on any atom is -0.493 e. The van der Waals surface area contributed by atoms with Crippen LogP contribution in [0.25, 0.3) is 0 Å². The molecular formula is C18H28N2O3. The molecular weight excluding hydrogens is 292 g/mol. The number of piperidine rings is 1. The number of rotatable bonds is 6. The highest BCUT2D eigenvalue weighted by molar-refractivity contribution is 5.54. The van der Waals surface area contributed by atoms with Crippen molar-refractivity contribution < 1.29 is 14.2 Å². The first kappa shape index (κ1) is 16.4. The molecule has 1 N–H and O–H groups in total. The normalized spacial score (nSPS) is 18.9. The van der Waals surface area contributed by atoms with Crippen LogP contribution in [0.5, 0.6) is 17.2 Å². The maximum atomic E-state index is 5.68. The standard InChI is InChI=1S/C18H28N2O3/c1-14-3-6-20(7-4-14)8-5-19-13-15-11-16(21-2)18-17(12-15)22-9-10-23-18/h11-12,14,19H,3-10,13H2,1-2H3. The largest absolute Gasteiger partial charge is 0.493 e. The van der Waals surface area contributed by atoms with Gasteiger partial charge in [-0.05, 0) is 49.5 Å². The van der Waals surface area contributed by atoms with Crippen molar-refractivity contribution in [3.05, 3.63) is 17.7 Å². The summed E-state index contributed by atoms with van der Waals surface area (Å²) in [5.41, 5.74) is 1.17. The third-order valence-corrected chi connectivity index (χ3v) is 4.70. The Morgan fingerprint density at radius 1 is 1.22 bits per heavy atom. The van der Waals surface area contributed by atoms with Crippen LogP contribution in [0.4, 0.5) is 0 Å². The monoisotopic (exact) mass is 320 g/mol. The van der Waals surface area contributed by atoms with Crippen molar-refractivity contribution in [3.8, 4) is 17.2 Å². The van der Waals surface area contributed by atoms with E-state index in [9.17, 15) is 0 Å². The van der Waals surface area contributed by atoms with Crippen LogP contribution in [0.15, 0.2) is 12.1 Å². The van der Waals surface area contributed by atoms with Gasteiger partial charge in [0.2, 0.25) is 5.75 Å². The molecule has 0 spiro atoms. The summed E-state index contributed by atoms with van der Waals surface area (Å²) in [5.74, 6) is 3.16. The lowest BCUT2D eigenvalue weighted by molar-refractivity contribution is 0.165. The molecule has 1 fully saturated rings. The molecule has 2 aliphatic heterocycles. The van der Waals surface area contributed by atoms with E-state index in [0.29, 0.717) is 13.2 Å². The fraction of sp³-hybridized carbons (Fsp3) is 0.667. The van der Waals surface area contributed by atoms with Crippen LogP contribution < -0.4 is 19.5 Å². The fourth-order valence-corrected chi connectivity index (χ4v) is 3.19. The first-order valence-electron chi connectivity index (χ1n) is 8.66. The number of methoxy groups -OCH3 is 1. The quantitative estimate of drug-likeness (QED) is 0.815. The lowest BCUT2D eigenvalue weighted by Crippen LogP contribution is -2.37. The average molecular weight is 320 g/mol. The molecule has 1 saturated heterocycles. The number of hydrogen-bond acceptors (Lipinski definition) is 5. The average Bonchev–Trinajstić information content (AvgIpc) is 2.59. The SMILES string of the molecule is COc1cc(CNCCN2CCC(C)CC2)cc2c1OCCO2. The molecule has 2 heterocycles. The van der Waals surface area contributed by atoms with Crippen molar-refractivity contribution in [1.29, 1.82) is 0 Å². The highest BCUT2D eigenvalue weighted by Crippen LogP contribution is 2.40. The Balaban J connectivity index is 1.48. The van der Waals surface area contributed by atoms with Crippen LogP contribution >= 0.6 is 0 Å². The van der Waals surface area contributed by atoms with Gasteiger partial charge in [-0.2, -0.15) is 0 Å². The molecule has 0 bridgehead atoms. The van der Waals surface area contributed by atoms with E-state index in [2.05, 4.69) is 17.1 Å². The number of benzene rings is 1. The number of hydrogen-bond donors (Lipinski definition) is 1. The molecule has 1 aromatic carbocycles. The van der Waals surface area contributed by atoms with Gasteiger partial charge in [0.25, 0.3) is 0 Å². The third-order valence-electron chi connectivity index (χ3n) is 4.70. The zero-order chi connectivity index (χ0) is 16.1. The molecule has 0 aromatic heterocycles. The van der Waals surface area contributed by atoms with E-state index in [1.165, 1.54) is 31.5 Å². The molecule has 3 rings (SSSR count). The van der Waals surface area contributed by atoms with Gasteiger partial charge in [-0.3, -0.25) is 0 Å². The van der Waals surface area contributed by atoms with Gasteiger partial charge in [-0.25, -0.2) is 0 Å². The van der Waals surface area contributed by atoms with Crippen molar-refractivity contribution in [2.45, 2.75) is 26.3 Å². The predicted octanol–water partition coefficient (Wildman–Crippen LogP) is 2.29. The minimum atomic E-state index is 0.579. The second kappa shape index (κ2) is 7.88. The van der Waals surface area contributed by atoms with E-state index >= 15 is 0 Å². The van der Waals surface area contributed by atoms with Crippen molar-refractivity contribution in [1.82, 2.24) is 10.2 Å². The van der Waals surface area contributed by atoms with Crippen molar-refractivity contribution in [2.24, 2.45) is 5.92 Å². The van der Waals surface area contributed by atoms with Crippen LogP contribution in [0.2, 0.25) is 0 Å². The summed E-state index contributed by atoms with van der Waals surface area (Å²) >= 11 is 0. The van der Waals surface area contributed by atoms with Gasteiger partial charge < -0.3 is 24.4 Å². The number of nitrogens with zero attached hydrogens (tertiary/aromatic N) is 1. The maximum Gasteiger partial charge on any atom is 0.203 e. The lowest BCUT2D eigenvalue weighted by atomic mass is 9.99. The molecule has 5 nitrogen and oxygen atoms in total. The van der Waals surface area contributed by atoms with Gasteiger partial charge in [0.05, 0.1) is 7.11 Å². The van der Waals surface area contributed by atoms with Crippen LogP contribution in [-0.4, -0.2) is 51.4 Å². The topological polar surface area (TPSA) is 43.0 Å². The van der Waals surface area contributed by atoms with Crippen LogP contribution in [0.1, 0.15) is 25.3 Å². The molecule has 0 radical (unpaired) electrons. The summed E-state index contributed by atoms with van der Waals surface area (Å²) in [5, 5.41) is 3.52. The summed E-state index contributed by atoms with van der Waals surface area (Å²) < 4.78 is 16.7. The van der Waals surface area contributed by atoms with Gasteiger partial charge in [-0.15, -0.1) is 0 Å². The van der Waals surface area contributed by atoms with Crippen molar-refractivity contribution in [3.63, 3.8) is 0 Å². The van der Waals surface area contributed by atoms with E-state index in [1.54, 1.807) is 7.11 Å². The highest BCUT2D eigenvalue weighted by Gasteiger charge is 2.18. The van der Waals surface area contributed by atoms with Crippen molar-refractivity contribution >= 4 is 0 Å². The molecule has 23 heavy (non-hydrogen) atoms. The summed E-state index contributed by atoms with van der Waals surface area (Å²) in [6.45, 7) is 8.94. The summed E-state index contributed by atoms with van der Waals surface area (Å²) in [4.78, 5) is 2.55. The second-order valence-corrected chi connectivity index (χ2v) is 6.52. The van der Waals surface area contributed by atoms with Gasteiger partial charge in [0.15, 0.2) is 11.5 Å². The first-order chi connectivity index (χ1) is 11.3. The van der Waals surface area contributed by atoms with E-state index in [-0.39, 0.29) is 0 Å². The number of fused-ring (bicyclic) bond motifs is 1. The van der Waals surface area contributed by atoms with Crippen LogP contribution in [-0.2, 0) is 6.54 Å². The Morgan fingerprint density at radius 2 is 2.00 bits per heavy atom. The van der Waals surface area contributed by atoms with Gasteiger partial charge in [-0.1, -0.05) is 6.92 Å². The molecule has 0 saturated carbocycles. The van der Waals surface area contributed by atoms with Crippen molar-refractivity contribution in [2.75, 3.05) is 46.5 Å². The summed E-state index contributed by atoms with van der Waals surface area (Å²) in [7, 11) is 1.67. The fourth-order valence-electron chi connectivity index (χ4n) is 3.19. The van der Waals surface area contributed by atoms with E-state index < -0.39 is 0 Å². The van der Waals surface area contributed by atoms with E-state index in [4.69, 9.17) is 14.2 Å². The second-order valence-electron chi connectivity index (χ2n) is 6.52. The van der Waals surface area contributed by atoms with Gasteiger partial charge >= 0.3 is 0 Å². The van der Waals surface area contributed by atoms with Crippen LogP contribution in [0.3, 0.4) is 0 Å². The van der Waals surface area contributed by atoms with E-state index in [1.807, 2.05) is 12.1 Å². The van der Waals surface area contributed by atoms with Gasteiger partial charge in [0, 0.05) is 19.6 Å². The molecule has 2 aliphatic rings. The zero-order valence-electron chi connectivity index (χ0n) is 14.3. The lowest BCUT2D eigenvalue weighted by Gasteiger charge is -2.30. The first-order valence-corrected chi connectivity index (χ1v) is 8.66. The van der Waals surface area contributed by atoms with Gasteiger partial charge in [0.1, 0.15) is 13.2 Å². The molecule has 1 aromatic rings. The zero-order valence-corrected chi connectivity index (χ0v) is 14.3. The third kappa shape index (κ3) is 4.30. The smallest absolute Gasteiger partial charge is 0.203 e. The number of likely N-dealkylation sites (tertiary alicyclic amines) is 1. The Hall–Kier alpha value is -1.46. The minimum absolute atomic E-state index is 0.579. The molecule has 0 aliphatic carbocycles. The molecule has 0 unspecified atom stereocenters. The van der Waals surface area contributed by atoms with E-state index in [0.717, 1.165) is 42.8 Å². The Morgan fingerprint density at radius 3 is 2.78 bits per heavy atom. The van der Waals surface area contributed by atoms with Crippen LogP contribution in [0, 0.1) is 5.92 Å². The molecule has 128 valence electrons. The summed E-state index contributed by atoms with van der Waals surface area (Å²) in [6, 6.07) is 4.08. The molecule has 0 atom stereocenters. The summed E-state index contributed by atoms with van der Waals surface area (Å²) in [6.07, 6.45) is 2.67. The number of nitrogens with one attached hydrogen (secondary N) is 1.